The highest BCUT2D eigenvalue weighted by molar-refractivity contribution is 8.00. The summed E-state index contributed by atoms with van der Waals surface area (Å²) in [5, 5.41) is 11.7. The van der Waals surface area contributed by atoms with Gasteiger partial charge >= 0.3 is 0 Å². The molecule has 6 nitrogen and oxygen atoms in total. The summed E-state index contributed by atoms with van der Waals surface area (Å²) in [7, 11) is 0. The zero-order valence-electron chi connectivity index (χ0n) is 19.1. The van der Waals surface area contributed by atoms with Crippen LogP contribution >= 0.6 is 23.4 Å². The maximum atomic E-state index is 13.3. The average molecular weight is 491 g/mol. The lowest BCUT2D eigenvalue weighted by Crippen LogP contribution is -2.23. The number of nitrogens with one attached hydrogen (secondary N) is 1. The number of amides is 1. The Labute approximate surface area is 202 Å². The Morgan fingerprint density at radius 2 is 1.91 bits per heavy atom. The Hall–Kier alpha value is -2.58. The van der Waals surface area contributed by atoms with Gasteiger partial charge in [-0.2, -0.15) is 0 Å². The zero-order valence-corrected chi connectivity index (χ0v) is 20.7. The molecule has 176 valence electrons. The molecule has 0 aliphatic rings. The number of aryl methyl sites for hydroxylation is 1. The molecule has 3 rings (SSSR count). The highest BCUT2D eigenvalue weighted by atomic mass is 35.5. The molecule has 0 saturated heterocycles. The van der Waals surface area contributed by atoms with Gasteiger partial charge in [0.1, 0.15) is 18.2 Å². The van der Waals surface area contributed by atoms with Gasteiger partial charge in [0.05, 0.1) is 16.0 Å². The maximum Gasteiger partial charge on any atom is 0.237 e. The van der Waals surface area contributed by atoms with E-state index in [9.17, 15) is 9.18 Å². The van der Waals surface area contributed by atoms with Crippen molar-refractivity contribution in [1.29, 1.82) is 0 Å². The molecule has 1 unspecified atom stereocenters. The van der Waals surface area contributed by atoms with E-state index in [0.29, 0.717) is 29.1 Å². The fourth-order valence-electron chi connectivity index (χ4n) is 3.07. The highest BCUT2D eigenvalue weighted by Crippen LogP contribution is 2.27. The topological polar surface area (TPSA) is 69.0 Å². The molecule has 0 bridgehead atoms. The van der Waals surface area contributed by atoms with Gasteiger partial charge in [-0.1, -0.05) is 56.3 Å². The van der Waals surface area contributed by atoms with Crippen LogP contribution in [0.2, 0.25) is 5.02 Å². The van der Waals surface area contributed by atoms with E-state index in [-0.39, 0.29) is 17.5 Å². The molecule has 2 aromatic carbocycles. The fourth-order valence-corrected chi connectivity index (χ4v) is 4.16. The second kappa shape index (κ2) is 11.5. The average Bonchev–Trinajstić information content (AvgIpc) is 3.14. The first kappa shape index (κ1) is 25.1. The number of halogens is 2. The Morgan fingerprint density at radius 3 is 2.55 bits per heavy atom. The third-order valence-electron chi connectivity index (χ3n) is 4.88. The summed E-state index contributed by atoms with van der Waals surface area (Å²) in [5.74, 6) is 1.09. The molecular formula is C24H28ClFN4O2S. The van der Waals surface area contributed by atoms with Crippen LogP contribution in [0.25, 0.3) is 0 Å². The van der Waals surface area contributed by atoms with Crippen LogP contribution < -0.4 is 10.1 Å². The van der Waals surface area contributed by atoms with Crippen LogP contribution in [0.4, 0.5) is 10.1 Å². The first-order valence-corrected chi connectivity index (χ1v) is 12.1. The largest absolute Gasteiger partial charge is 0.486 e. The quantitative estimate of drug-likeness (QED) is 0.353. The number of thioether (sulfide) groups is 1. The number of nitrogens with zero attached hydrogens (tertiary/aromatic N) is 3. The second-order valence-corrected chi connectivity index (χ2v) is 9.78. The van der Waals surface area contributed by atoms with Gasteiger partial charge in [-0.25, -0.2) is 4.39 Å². The van der Waals surface area contributed by atoms with Crippen molar-refractivity contribution < 1.29 is 13.9 Å². The van der Waals surface area contributed by atoms with E-state index < -0.39 is 11.1 Å². The van der Waals surface area contributed by atoms with E-state index >= 15 is 0 Å². The molecule has 0 radical (unpaired) electrons. The maximum absolute atomic E-state index is 13.3. The van der Waals surface area contributed by atoms with Gasteiger partial charge in [-0.05, 0) is 55.2 Å². The minimum Gasteiger partial charge on any atom is -0.486 e. The first-order chi connectivity index (χ1) is 15.8. The number of anilines is 1. The molecule has 1 amide bonds. The molecule has 1 N–H and O–H groups in total. The van der Waals surface area contributed by atoms with Gasteiger partial charge in [-0.15, -0.1) is 10.2 Å². The molecular weight excluding hydrogens is 463 g/mol. The van der Waals surface area contributed by atoms with Crippen LogP contribution in [0.5, 0.6) is 5.75 Å². The second-order valence-electron chi connectivity index (χ2n) is 8.06. The van der Waals surface area contributed by atoms with Gasteiger partial charge in [0, 0.05) is 6.54 Å². The summed E-state index contributed by atoms with van der Waals surface area (Å²) in [4.78, 5) is 12.7. The molecule has 3 aromatic rings. The number of rotatable bonds is 10. The van der Waals surface area contributed by atoms with Crippen LogP contribution in [0.3, 0.4) is 0 Å². The Kier molecular flexibility index (Phi) is 8.74. The van der Waals surface area contributed by atoms with Gasteiger partial charge in [0.25, 0.3) is 0 Å². The Balaban J connectivity index is 1.69. The predicted octanol–water partition coefficient (Wildman–Crippen LogP) is 5.99. The molecule has 0 aliphatic carbocycles. The number of carbonyl (C=O) groups excluding carboxylic acids is 1. The summed E-state index contributed by atoms with van der Waals surface area (Å²) in [6, 6.07) is 11.8. The predicted molar refractivity (Wildman–Crippen MR) is 130 cm³/mol. The van der Waals surface area contributed by atoms with E-state index in [4.69, 9.17) is 16.3 Å². The summed E-state index contributed by atoms with van der Waals surface area (Å²) in [6.07, 6.45) is 0.975. The molecule has 1 aromatic heterocycles. The number of aromatic nitrogens is 3. The van der Waals surface area contributed by atoms with Crippen molar-refractivity contribution in [1.82, 2.24) is 14.8 Å². The van der Waals surface area contributed by atoms with E-state index in [1.54, 1.807) is 6.92 Å². The van der Waals surface area contributed by atoms with Gasteiger partial charge in [-0.3, -0.25) is 4.79 Å². The fraction of sp³-hybridized carbons (Fsp3) is 0.375. The Morgan fingerprint density at radius 1 is 1.18 bits per heavy atom. The number of carbonyl (C=O) groups is 1. The monoisotopic (exact) mass is 490 g/mol. The minimum atomic E-state index is -0.475. The molecule has 0 aliphatic heterocycles. The van der Waals surface area contributed by atoms with Crippen LogP contribution in [0.15, 0.2) is 47.6 Å². The van der Waals surface area contributed by atoms with Gasteiger partial charge in [0.15, 0.2) is 11.0 Å². The van der Waals surface area contributed by atoms with Crippen molar-refractivity contribution >= 4 is 35.0 Å². The summed E-state index contributed by atoms with van der Waals surface area (Å²) < 4.78 is 21.2. The van der Waals surface area contributed by atoms with Crippen molar-refractivity contribution in [2.24, 2.45) is 5.92 Å². The van der Waals surface area contributed by atoms with Crippen molar-refractivity contribution in [3.05, 3.63) is 64.7 Å². The molecule has 0 saturated carbocycles. The Bertz CT molecular complexity index is 1090. The van der Waals surface area contributed by atoms with Crippen LogP contribution in [-0.4, -0.2) is 25.9 Å². The van der Waals surface area contributed by atoms with Gasteiger partial charge in [0.2, 0.25) is 5.91 Å². The van der Waals surface area contributed by atoms with Crippen molar-refractivity contribution in [2.45, 2.75) is 57.7 Å². The van der Waals surface area contributed by atoms with Gasteiger partial charge < -0.3 is 14.6 Å². The summed E-state index contributed by atoms with van der Waals surface area (Å²) >= 11 is 7.33. The van der Waals surface area contributed by atoms with E-state index in [1.807, 2.05) is 28.8 Å². The lowest BCUT2D eigenvalue weighted by molar-refractivity contribution is -0.115. The number of benzene rings is 2. The smallest absolute Gasteiger partial charge is 0.237 e. The number of hydrogen-bond donors (Lipinski definition) is 1. The highest BCUT2D eigenvalue weighted by Gasteiger charge is 2.22. The molecule has 1 heterocycles. The standard InChI is InChI=1S/C24H28ClFN4O2S/c1-5-17-6-9-19(10-7-17)32-14-22-28-29-24(30(22)13-15(2)3)33-16(4)23(31)27-21-11-8-18(26)12-20(21)25/h6-12,15-16H,5,13-14H2,1-4H3,(H,27,31). The third kappa shape index (κ3) is 6.95. The van der Waals surface area contributed by atoms with Crippen molar-refractivity contribution in [3.8, 4) is 5.75 Å². The minimum absolute atomic E-state index is 0.148. The van der Waals surface area contributed by atoms with Crippen LogP contribution in [0.1, 0.15) is 39.1 Å². The molecule has 0 spiro atoms. The van der Waals surface area contributed by atoms with E-state index in [2.05, 4.69) is 36.3 Å². The van der Waals surface area contributed by atoms with Crippen LogP contribution in [-0.2, 0) is 24.4 Å². The molecule has 0 fully saturated rings. The summed E-state index contributed by atoms with van der Waals surface area (Å²) in [5.41, 5.74) is 1.61. The lowest BCUT2D eigenvalue weighted by atomic mass is 10.2. The first-order valence-electron chi connectivity index (χ1n) is 10.8. The summed E-state index contributed by atoms with van der Waals surface area (Å²) in [6.45, 7) is 9.07. The normalized spacial score (nSPS) is 12.1. The van der Waals surface area contributed by atoms with Crippen molar-refractivity contribution in [3.63, 3.8) is 0 Å². The molecule has 9 heteroatoms. The zero-order chi connectivity index (χ0) is 24.0. The van der Waals surface area contributed by atoms with E-state index in [1.165, 1.54) is 29.5 Å². The SMILES string of the molecule is CCc1ccc(OCc2nnc(SC(C)C(=O)Nc3ccc(F)cc3Cl)n2CC(C)C)cc1. The van der Waals surface area contributed by atoms with Crippen LogP contribution in [0, 0.1) is 11.7 Å². The lowest BCUT2D eigenvalue weighted by Gasteiger charge is -2.16. The number of hydrogen-bond acceptors (Lipinski definition) is 5. The molecule has 1 atom stereocenters. The molecule has 33 heavy (non-hydrogen) atoms. The number of ether oxygens (including phenoxy) is 1. The van der Waals surface area contributed by atoms with Crippen molar-refractivity contribution in [2.75, 3.05) is 5.32 Å². The third-order valence-corrected chi connectivity index (χ3v) is 6.27. The van der Waals surface area contributed by atoms with E-state index in [0.717, 1.165) is 18.2 Å².